The average Bonchev–Trinajstić information content (AvgIpc) is 2.24. The van der Waals surface area contributed by atoms with Crippen molar-refractivity contribution in [3.8, 4) is 23.6 Å². The Morgan fingerprint density at radius 2 is 1.87 bits per heavy atom. The number of rotatable bonds is 2. The summed E-state index contributed by atoms with van der Waals surface area (Å²) in [6.07, 6.45) is 1.21. The molecule has 0 unspecified atom stereocenters. The molecule has 5 nitrogen and oxygen atoms in total. The monoisotopic (exact) mass is 201 g/mol. The van der Waals surface area contributed by atoms with Crippen molar-refractivity contribution in [3.63, 3.8) is 0 Å². The third kappa shape index (κ3) is 2.64. The lowest BCUT2D eigenvalue weighted by molar-refractivity contribution is 0.404. The summed E-state index contributed by atoms with van der Waals surface area (Å²) in [4.78, 5) is 0. The lowest BCUT2D eigenvalue weighted by Crippen LogP contribution is -1.89. The zero-order valence-corrected chi connectivity index (χ0v) is 7.60. The average molecular weight is 201 g/mol. The first-order valence-corrected chi connectivity index (χ1v) is 3.96. The molecule has 0 aliphatic carbocycles. The fourth-order valence-electron chi connectivity index (χ4n) is 0.858. The maximum Gasteiger partial charge on any atom is 0.159 e. The van der Waals surface area contributed by atoms with Gasteiger partial charge in [-0.25, -0.2) is 0 Å². The summed E-state index contributed by atoms with van der Waals surface area (Å²) in [5, 5.41) is 37.7. The van der Waals surface area contributed by atoms with Crippen molar-refractivity contribution in [2.24, 2.45) is 0 Å². The SMILES string of the molecule is N#CC(C#N)=CNc1ccc(O)c(O)c1. The number of nitrogens with one attached hydrogen (secondary N) is 1. The molecule has 74 valence electrons. The second kappa shape index (κ2) is 4.54. The molecule has 0 radical (unpaired) electrons. The highest BCUT2D eigenvalue weighted by Crippen LogP contribution is 2.27. The Labute approximate surface area is 86.1 Å². The number of nitrogens with zero attached hydrogens (tertiary/aromatic N) is 2. The highest BCUT2D eigenvalue weighted by Gasteiger charge is 1.99. The van der Waals surface area contributed by atoms with Crippen LogP contribution in [-0.4, -0.2) is 10.2 Å². The van der Waals surface area contributed by atoms with E-state index in [1.165, 1.54) is 24.4 Å². The molecule has 0 atom stereocenters. The Balaban J connectivity index is 2.84. The van der Waals surface area contributed by atoms with Gasteiger partial charge >= 0.3 is 0 Å². The predicted molar refractivity (Wildman–Crippen MR) is 52.7 cm³/mol. The van der Waals surface area contributed by atoms with E-state index >= 15 is 0 Å². The van der Waals surface area contributed by atoms with Crippen molar-refractivity contribution in [2.45, 2.75) is 0 Å². The fraction of sp³-hybridized carbons (Fsp3) is 0. The zero-order valence-electron chi connectivity index (χ0n) is 7.60. The fourth-order valence-corrected chi connectivity index (χ4v) is 0.858. The summed E-state index contributed by atoms with van der Waals surface area (Å²) in [6, 6.07) is 7.42. The number of benzene rings is 1. The van der Waals surface area contributed by atoms with Crippen LogP contribution in [0, 0.1) is 22.7 Å². The number of anilines is 1. The number of nitriles is 2. The van der Waals surface area contributed by atoms with Crippen molar-refractivity contribution in [1.29, 1.82) is 10.5 Å². The number of aromatic hydroxyl groups is 2. The zero-order chi connectivity index (χ0) is 11.3. The minimum absolute atomic E-state index is 0.0810. The van der Waals surface area contributed by atoms with Crippen LogP contribution < -0.4 is 5.32 Å². The summed E-state index contributed by atoms with van der Waals surface area (Å²) in [6.45, 7) is 0. The van der Waals surface area contributed by atoms with E-state index in [0.29, 0.717) is 5.69 Å². The van der Waals surface area contributed by atoms with Gasteiger partial charge in [0.25, 0.3) is 0 Å². The van der Waals surface area contributed by atoms with Gasteiger partial charge in [0.2, 0.25) is 0 Å². The molecule has 0 bridgehead atoms. The van der Waals surface area contributed by atoms with Gasteiger partial charge in [0.05, 0.1) is 0 Å². The van der Waals surface area contributed by atoms with Crippen molar-refractivity contribution in [2.75, 3.05) is 5.32 Å². The summed E-state index contributed by atoms with van der Waals surface area (Å²) in [7, 11) is 0. The molecule has 1 aromatic carbocycles. The summed E-state index contributed by atoms with van der Waals surface area (Å²) < 4.78 is 0. The molecular formula is C10H7N3O2. The first-order valence-electron chi connectivity index (χ1n) is 3.96. The number of phenolic OH excluding ortho intramolecular Hbond substituents is 2. The lowest BCUT2D eigenvalue weighted by Gasteiger charge is -2.02. The van der Waals surface area contributed by atoms with Gasteiger partial charge in [-0.05, 0) is 12.1 Å². The van der Waals surface area contributed by atoms with Crippen LogP contribution in [0.5, 0.6) is 11.5 Å². The van der Waals surface area contributed by atoms with Crippen molar-refractivity contribution in [1.82, 2.24) is 0 Å². The van der Waals surface area contributed by atoms with Crippen molar-refractivity contribution >= 4 is 5.69 Å². The van der Waals surface area contributed by atoms with E-state index in [4.69, 9.17) is 20.7 Å². The number of phenols is 2. The van der Waals surface area contributed by atoms with Crippen LogP contribution in [0.3, 0.4) is 0 Å². The maximum atomic E-state index is 9.14. The first kappa shape index (κ1) is 10.4. The predicted octanol–water partition coefficient (Wildman–Crippen LogP) is 1.44. The number of hydrogen-bond acceptors (Lipinski definition) is 5. The molecule has 0 fully saturated rings. The molecule has 1 rings (SSSR count). The van der Waals surface area contributed by atoms with Gasteiger partial charge < -0.3 is 15.5 Å². The highest BCUT2D eigenvalue weighted by atomic mass is 16.3. The van der Waals surface area contributed by atoms with E-state index in [2.05, 4.69) is 5.32 Å². The maximum absolute atomic E-state index is 9.14. The Kier molecular flexibility index (Phi) is 3.15. The second-order valence-electron chi connectivity index (χ2n) is 2.63. The van der Waals surface area contributed by atoms with E-state index in [1.54, 1.807) is 12.1 Å². The molecule has 0 amide bonds. The molecule has 0 aromatic heterocycles. The Bertz CT molecular complexity index is 464. The molecule has 0 heterocycles. The second-order valence-corrected chi connectivity index (χ2v) is 2.63. The van der Waals surface area contributed by atoms with E-state index < -0.39 is 0 Å². The molecule has 0 aliphatic heterocycles. The molecule has 0 aliphatic rings. The van der Waals surface area contributed by atoms with Gasteiger partial charge in [0.1, 0.15) is 17.7 Å². The molecule has 1 aromatic rings. The number of hydrogen-bond donors (Lipinski definition) is 3. The van der Waals surface area contributed by atoms with Crippen molar-refractivity contribution < 1.29 is 10.2 Å². The molecular weight excluding hydrogens is 194 g/mol. The summed E-state index contributed by atoms with van der Waals surface area (Å²) in [5.74, 6) is -0.505. The van der Waals surface area contributed by atoms with E-state index in [-0.39, 0.29) is 17.1 Å². The van der Waals surface area contributed by atoms with Crippen LogP contribution in [0.4, 0.5) is 5.69 Å². The lowest BCUT2D eigenvalue weighted by atomic mass is 10.2. The Hall–Kier alpha value is -2.66. The van der Waals surface area contributed by atoms with Crippen LogP contribution >= 0.6 is 0 Å². The summed E-state index contributed by atoms with van der Waals surface area (Å²) in [5.41, 5.74) is 0.385. The largest absolute Gasteiger partial charge is 0.504 e. The smallest absolute Gasteiger partial charge is 0.159 e. The Morgan fingerprint density at radius 3 is 2.40 bits per heavy atom. The third-order valence-electron chi connectivity index (χ3n) is 1.60. The minimum Gasteiger partial charge on any atom is -0.504 e. The van der Waals surface area contributed by atoms with Gasteiger partial charge in [-0.2, -0.15) is 10.5 Å². The van der Waals surface area contributed by atoms with E-state index in [0.717, 1.165) is 0 Å². The van der Waals surface area contributed by atoms with Crippen molar-refractivity contribution in [3.05, 3.63) is 30.0 Å². The first-order chi connectivity index (χ1) is 7.17. The summed E-state index contributed by atoms with van der Waals surface area (Å²) >= 11 is 0. The molecule has 5 heteroatoms. The van der Waals surface area contributed by atoms with Crippen LogP contribution in [0.2, 0.25) is 0 Å². The van der Waals surface area contributed by atoms with Crippen LogP contribution in [0.1, 0.15) is 0 Å². The van der Waals surface area contributed by atoms with Gasteiger partial charge in [-0.3, -0.25) is 0 Å². The van der Waals surface area contributed by atoms with E-state index in [9.17, 15) is 0 Å². The van der Waals surface area contributed by atoms with Crippen LogP contribution in [0.15, 0.2) is 30.0 Å². The minimum atomic E-state index is -0.274. The third-order valence-corrected chi connectivity index (χ3v) is 1.60. The number of allylic oxidation sites excluding steroid dienone is 1. The molecule has 0 saturated carbocycles. The molecule has 3 N–H and O–H groups in total. The standard InChI is InChI=1S/C10H7N3O2/c11-4-7(5-12)6-13-8-1-2-9(14)10(15)3-8/h1-3,6,13-15H. The molecule has 0 spiro atoms. The molecule has 0 saturated heterocycles. The normalized spacial score (nSPS) is 8.40. The van der Waals surface area contributed by atoms with E-state index in [1.807, 2.05) is 0 Å². The van der Waals surface area contributed by atoms with Gasteiger partial charge in [0, 0.05) is 18.0 Å². The van der Waals surface area contributed by atoms with Gasteiger partial charge in [-0.1, -0.05) is 0 Å². The van der Waals surface area contributed by atoms with Crippen LogP contribution in [0.25, 0.3) is 0 Å². The highest BCUT2D eigenvalue weighted by molar-refractivity contribution is 5.56. The Morgan fingerprint density at radius 1 is 1.20 bits per heavy atom. The van der Waals surface area contributed by atoms with Crippen LogP contribution in [-0.2, 0) is 0 Å². The molecule has 15 heavy (non-hydrogen) atoms. The van der Waals surface area contributed by atoms with Gasteiger partial charge in [-0.15, -0.1) is 0 Å². The topological polar surface area (TPSA) is 100 Å². The quantitative estimate of drug-likeness (QED) is 0.382. The van der Waals surface area contributed by atoms with Gasteiger partial charge in [0.15, 0.2) is 11.5 Å².